The van der Waals surface area contributed by atoms with Crippen molar-refractivity contribution in [2.24, 2.45) is 5.73 Å². The highest BCUT2D eigenvalue weighted by molar-refractivity contribution is 7.93. The van der Waals surface area contributed by atoms with Gasteiger partial charge < -0.3 is 5.73 Å². The number of aryl methyl sites for hydroxylation is 1. The summed E-state index contributed by atoms with van der Waals surface area (Å²) in [6, 6.07) is 7.54. The van der Waals surface area contributed by atoms with E-state index in [1.807, 2.05) is 0 Å². The third-order valence-electron chi connectivity index (χ3n) is 2.50. The number of primary amides is 1. The second kappa shape index (κ2) is 5.43. The van der Waals surface area contributed by atoms with Crippen molar-refractivity contribution >= 4 is 44.6 Å². The summed E-state index contributed by atoms with van der Waals surface area (Å²) in [5.41, 5.74) is 5.54. The molecule has 5 nitrogen and oxygen atoms in total. The number of sulfonamides is 1. The monoisotopic (exact) mass is 330 g/mol. The summed E-state index contributed by atoms with van der Waals surface area (Å²) < 4.78 is 26.9. The molecular weight excluding hydrogens is 320 g/mol. The van der Waals surface area contributed by atoms with Gasteiger partial charge in [-0.2, -0.15) is 0 Å². The standard InChI is InChI=1S/C12H11ClN2O3S2/c1-7-11(6-10(19-7)12(14)16)20(17,18)15-9-4-2-8(13)3-5-9/h2-6,15H,1H3,(H2,14,16). The number of anilines is 1. The zero-order valence-corrected chi connectivity index (χ0v) is 12.8. The minimum Gasteiger partial charge on any atom is -0.365 e. The lowest BCUT2D eigenvalue weighted by atomic mass is 10.3. The van der Waals surface area contributed by atoms with Gasteiger partial charge in [-0.15, -0.1) is 11.3 Å². The summed E-state index contributed by atoms with van der Waals surface area (Å²) in [6.07, 6.45) is 0. The first-order valence-corrected chi connectivity index (χ1v) is 8.16. The quantitative estimate of drug-likeness (QED) is 0.903. The van der Waals surface area contributed by atoms with Gasteiger partial charge in [0.2, 0.25) is 0 Å². The lowest BCUT2D eigenvalue weighted by molar-refractivity contribution is 0.100. The molecular formula is C12H11ClN2O3S2. The molecule has 106 valence electrons. The van der Waals surface area contributed by atoms with Crippen molar-refractivity contribution in [1.82, 2.24) is 0 Å². The van der Waals surface area contributed by atoms with Gasteiger partial charge in [-0.25, -0.2) is 8.42 Å². The Morgan fingerprint density at radius 2 is 1.90 bits per heavy atom. The number of rotatable bonds is 4. The average molecular weight is 331 g/mol. The third-order valence-corrected chi connectivity index (χ3v) is 5.45. The molecule has 2 rings (SSSR count). The SMILES string of the molecule is Cc1sc(C(N)=O)cc1S(=O)(=O)Nc1ccc(Cl)cc1. The minimum atomic E-state index is -3.76. The number of hydrogen-bond acceptors (Lipinski definition) is 4. The zero-order chi connectivity index (χ0) is 14.9. The molecule has 1 heterocycles. The number of carbonyl (C=O) groups is 1. The molecule has 3 N–H and O–H groups in total. The van der Waals surface area contributed by atoms with Crippen molar-refractivity contribution in [2.75, 3.05) is 4.72 Å². The van der Waals surface area contributed by atoms with Crippen LogP contribution in [0.25, 0.3) is 0 Å². The number of halogens is 1. The lowest BCUT2D eigenvalue weighted by Crippen LogP contribution is -2.13. The summed E-state index contributed by atoms with van der Waals surface area (Å²) in [7, 11) is -3.76. The summed E-state index contributed by atoms with van der Waals surface area (Å²) >= 11 is 6.78. The van der Waals surface area contributed by atoms with Gasteiger partial charge in [0.25, 0.3) is 15.9 Å². The molecule has 0 bridgehead atoms. The Kier molecular flexibility index (Phi) is 4.03. The molecule has 1 aromatic carbocycles. The Morgan fingerprint density at radius 1 is 1.30 bits per heavy atom. The second-order valence-corrected chi connectivity index (χ2v) is 7.35. The molecule has 0 spiro atoms. The highest BCUT2D eigenvalue weighted by atomic mass is 35.5. The number of amides is 1. The Morgan fingerprint density at radius 3 is 2.40 bits per heavy atom. The maximum Gasteiger partial charge on any atom is 0.263 e. The summed E-state index contributed by atoms with van der Waals surface area (Å²) in [4.78, 5) is 11.8. The van der Waals surface area contributed by atoms with Gasteiger partial charge in [-0.1, -0.05) is 11.6 Å². The predicted molar refractivity (Wildman–Crippen MR) is 79.8 cm³/mol. The lowest BCUT2D eigenvalue weighted by Gasteiger charge is -2.07. The molecule has 1 aromatic heterocycles. The average Bonchev–Trinajstić information content (AvgIpc) is 2.75. The van der Waals surface area contributed by atoms with E-state index < -0.39 is 15.9 Å². The molecule has 0 aliphatic carbocycles. The molecule has 0 atom stereocenters. The molecule has 2 aromatic rings. The molecule has 0 unspecified atom stereocenters. The molecule has 0 saturated carbocycles. The molecule has 0 aliphatic heterocycles. The first-order chi connectivity index (χ1) is 9.29. The van der Waals surface area contributed by atoms with Crippen LogP contribution in [0.15, 0.2) is 35.2 Å². The van der Waals surface area contributed by atoms with E-state index in [0.29, 0.717) is 15.6 Å². The van der Waals surface area contributed by atoms with Gasteiger partial charge >= 0.3 is 0 Å². The first-order valence-electron chi connectivity index (χ1n) is 5.48. The van der Waals surface area contributed by atoms with E-state index in [1.165, 1.54) is 6.07 Å². The fraction of sp³-hybridized carbons (Fsp3) is 0.0833. The van der Waals surface area contributed by atoms with Crippen molar-refractivity contribution in [1.29, 1.82) is 0 Å². The number of nitrogens with two attached hydrogens (primary N) is 1. The molecule has 0 radical (unpaired) electrons. The van der Waals surface area contributed by atoms with Crippen LogP contribution in [0.3, 0.4) is 0 Å². The Hall–Kier alpha value is -1.57. The number of hydrogen-bond donors (Lipinski definition) is 2. The van der Waals surface area contributed by atoms with E-state index >= 15 is 0 Å². The minimum absolute atomic E-state index is 0.0475. The number of thiophene rings is 1. The van der Waals surface area contributed by atoms with Crippen molar-refractivity contribution in [3.05, 3.63) is 45.1 Å². The van der Waals surface area contributed by atoms with Gasteiger partial charge in [-0.3, -0.25) is 9.52 Å². The summed E-state index contributed by atoms with van der Waals surface area (Å²) in [6.45, 7) is 1.62. The van der Waals surface area contributed by atoms with E-state index in [9.17, 15) is 13.2 Å². The van der Waals surface area contributed by atoms with E-state index in [1.54, 1.807) is 31.2 Å². The number of benzene rings is 1. The largest absolute Gasteiger partial charge is 0.365 e. The Balaban J connectivity index is 2.35. The highest BCUT2D eigenvalue weighted by Gasteiger charge is 2.21. The predicted octanol–water partition coefficient (Wildman–Crippen LogP) is 2.61. The first kappa shape index (κ1) is 14.8. The van der Waals surface area contributed by atoms with Crippen LogP contribution in [0.5, 0.6) is 0 Å². The van der Waals surface area contributed by atoms with Crippen LogP contribution in [-0.2, 0) is 10.0 Å². The van der Waals surface area contributed by atoms with Crippen LogP contribution in [0, 0.1) is 6.92 Å². The van der Waals surface area contributed by atoms with Gasteiger partial charge in [0.05, 0.1) is 4.88 Å². The molecule has 8 heteroatoms. The summed E-state index contributed by atoms with van der Waals surface area (Å²) in [5, 5.41) is 0.510. The normalized spacial score (nSPS) is 11.3. The molecule has 1 amide bonds. The maximum absolute atomic E-state index is 12.3. The van der Waals surface area contributed by atoms with Crippen LogP contribution < -0.4 is 10.5 Å². The van der Waals surface area contributed by atoms with Crippen molar-refractivity contribution in [2.45, 2.75) is 11.8 Å². The second-order valence-electron chi connectivity index (χ2n) is 4.01. The Bertz CT molecular complexity index is 752. The van der Waals surface area contributed by atoms with Gasteiger partial charge in [0.1, 0.15) is 4.90 Å². The smallest absolute Gasteiger partial charge is 0.263 e. The van der Waals surface area contributed by atoms with Crippen LogP contribution in [0.1, 0.15) is 14.5 Å². The maximum atomic E-state index is 12.3. The van der Waals surface area contributed by atoms with Gasteiger partial charge in [-0.05, 0) is 37.3 Å². The fourth-order valence-corrected chi connectivity index (χ4v) is 4.21. The van der Waals surface area contributed by atoms with Gasteiger partial charge in [0, 0.05) is 15.6 Å². The van der Waals surface area contributed by atoms with Crippen LogP contribution in [0.4, 0.5) is 5.69 Å². The Labute approximate surface area is 125 Å². The third kappa shape index (κ3) is 3.12. The molecule has 0 aliphatic rings. The molecule has 0 saturated heterocycles. The van der Waals surface area contributed by atoms with Gasteiger partial charge in [0.15, 0.2) is 0 Å². The zero-order valence-electron chi connectivity index (χ0n) is 10.4. The van der Waals surface area contributed by atoms with E-state index in [2.05, 4.69) is 4.72 Å². The van der Waals surface area contributed by atoms with Crippen LogP contribution in [-0.4, -0.2) is 14.3 Å². The van der Waals surface area contributed by atoms with Crippen molar-refractivity contribution in [3.63, 3.8) is 0 Å². The summed E-state index contributed by atoms with van der Waals surface area (Å²) in [5.74, 6) is -0.647. The van der Waals surface area contributed by atoms with E-state index in [4.69, 9.17) is 17.3 Å². The van der Waals surface area contributed by atoms with Crippen LogP contribution >= 0.6 is 22.9 Å². The van der Waals surface area contributed by atoms with Crippen molar-refractivity contribution < 1.29 is 13.2 Å². The topological polar surface area (TPSA) is 89.3 Å². The van der Waals surface area contributed by atoms with E-state index in [-0.39, 0.29) is 9.77 Å². The van der Waals surface area contributed by atoms with Crippen molar-refractivity contribution in [3.8, 4) is 0 Å². The molecule has 0 fully saturated rings. The fourth-order valence-electron chi connectivity index (χ4n) is 1.58. The van der Waals surface area contributed by atoms with E-state index in [0.717, 1.165) is 11.3 Å². The highest BCUT2D eigenvalue weighted by Crippen LogP contribution is 2.27. The number of carbonyl (C=O) groups excluding carboxylic acids is 1. The number of nitrogens with one attached hydrogen (secondary N) is 1. The van der Waals surface area contributed by atoms with Crippen LogP contribution in [0.2, 0.25) is 5.02 Å². The molecule has 20 heavy (non-hydrogen) atoms.